The summed E-state index contributed by atoms with van der Waals surface area (Å²) in [6.07, 6.45) is 2.55. The molecule has 2 aliphatic rings. The summed E-state index contributed by atoms with van der Waals surface area (Å²) in [4.78, 5) is 35.8. The van der Waals surface area contributed by atoms with Crippen LogP contribution in [0.25, 0.3) is 0 Å². The van der Waals surface area contributed by atoms with E-state index in [0.29, 0.717) is 6.54 Å². The van der Waals surface area contributed by atoms with Gasteiger partial charge in [-0.3, -0.25) is 14.4 Å². The number of ketones is 1. The summed E-state index contributed by atoms with van der Waals surface area (Å²) in [6.45, 7) is 2.06. The minimum Gasteiger partial charge on any atom is -0.354 e. The first-order valence-electron chi connectivity index (χ1n) is 6.83. The van der Waals surface area contributed by atoms with E-state index in [0.717, 1.165) is 19.3 Å². The third kappa shape index (κ3) is 2.78. The standard InChI is InChI=1S/C13H21N3O3/c1-7(17)9-4-2-3-8-6-15-12(18)10(5-14)16-13(19)11(8)9/h8-11H,2-6,14H2,1H3,(H,15,18)(H,16,19). The molecule has 0 spiro atoms. The molecular formula is C13H21N3O3. The van der Waals surface area contributed by atoms with E-state index in [1.807, 2.05) is 0 Å². The smallest absolute Gasteiger partial charge is 0.243 e. The summed E-state index contributed by atoms with van der Waals surface area (Å²) in [5.41, 5.74) is 5.50. The zero-order valence-electron chi connectivity index (χ0n) is 11.1. The highest BCUT2D eigenvalue weighted by Gasteiger charge is 2.42. The maximum absolute atomic E-state index is 12.3. The lowest BCUT2D eigenvalue weighted by molar-refractivity contribution is -0.140. The SMILES string of the molecule is CC(=O)C1CCCC2CNC(=O)C(CN)NC(=O)C21. The van der Waals surface area contributed by atoms with Gasteiger partial charge in [0.2, 0.25) is 11.8 Å². The van der Waals surface area contributed by atoms with Gasteiger partial charge in [-0.05, 0) is 25.7 Å². The van der Waals surface area contributed by atoms with E-state index in [1.54, 1.807) is 0 Å². The lowest BCUT2D eigenvalue weighted by Crippen LogP contribution is -2.59. The zero-order valence-corrected chi connectivity index (χ0v) is 11.1. The van der Waals surface area contributed by atoms with Gasteiger partial charge in [0.25, 0.3) is 0 Å². The minimum atomic E-state index is -0.692. The highest BCUT2D eigenvalue weighted by atomic mass is 16.2. The van der Waals surface area contributed by atoms with Crippen molar-refractivity contribution in [2.24, 2.45) is 23.5 Å². The van der Waals surface area contributed by atoms with E-state index < -0.39 is 6.04 Å². The van der Waals surface area contributed by atoms with Crippen molar-refractivity contribution in [3.05, 3.63) is 0 Å². The first-order valence-corrected chi connectivity index (χ1v) is 6.83. The predicted molar refractivity (Wildman–Crippen MR) is 69.0 cm³/mol. The number of carbonyl (C=O) groups excluding carboxylic acids is 3. The fourth-order valence-corrected chi connectivity index (χ4v) is 3.22. The number of fused-ring (bicyclic) bond motifs is 1. The van der Waals surface area contributed by atoms with Crippen LogP contribution < -0.4 is 16.4 Å². The van der Waals surface area contributed by atoms with Gasteiger partial charge in [-0.2, -0.15) is 0 Å². The summed E-state index contributed by atoms with van der Waals surface area (Å²) in [7, 11) is 0. The molecule has 1 saturated heterocycles. The fourth-order valence-electron chi connectivity index (χ4n) is 3.22. The Kier molecular flexibility index (Phi) is 4.19. The first-order chi connectivity index (χ1) is 9.04. The number of carbonyl (C=O) groups is 3. The number of nitrogens with one attached hydrogen (secondary N) is 2. The summed E-state index contributed by atoms with van der Waals surface area (Å²) in [6, 6.07) is -0.692. The Morgan fingerprint density at radius 1 is 1.32 bits per heavy atom. The van der Waals surface area contributed by atoms with Crippen LogP contribution in [0.15, 0.2) is 0 Å². The van der Waals surface area contributed by atoms with Crippen molar-refractivity contribution in [1.82, 2.24) is 10.6 Å². The number of rotatable bonds is 2. The summed E-state index contributed by atoms with van der Waals surface area (Å²) >= 11 is 0. The molecule has 1 aliphatic carbocycles. The van der Waals surface area contributed by atoms with Gasteiger partial charge in [-0.1, -0.05) is 6.42 Å². The Morgan fingerprint density at radius 2 is 2.05 bits per heavy atom. The first kappa shape index (κ1) is 14.0. The van der Waals surface area contributed by atoms with Gasteiger partial charge in [0, 0.05) is 19.0 Å². The van der Waals surface area contributed by atoms with E-state index in [1.165, 1.54) is 6.92 Å². The molecule has 19 heavy (non-hydrogen) atoms. The summed E-state index contributed by atoms with van der Waals surface area (Å²) in [5.74, 6) is -0.895. The molecule has 1 aliphatic heterocycles. The van der Waals surface area contributed by atoms with Crippen LogP contribution in [0.1, 0.15) is 26.2 Å². The molecule has 0 aromatic carbocycles. The van der Waals surface area contributed by atoms with Crippen LogP contribution in [0.4, 0.5) is 0 Å². The highest BCUT2D eigenvalue weighted by Crippen LogP contribution is 2.36. The van der Waals surface area contributed by atoms with Gasteiger partial charge >= 0.3 is 0 Å². The van der Waals surface area contributed by atoms with E-state index in [-0.39, 0.29) is 41.9 Å². The highest BCUT2D eigenvalue weighted by molar-refractivity contribution is 5.92. The Hall–Kier alpha value is -1.43. The predicted octanol–water partition coefficient (Wildman–Crippen LogP) is -0.819. The molecule has 4 atom stereocenters. The van der Waals surface area contributed by atoms with Crippen molar-refractivity contribution < 1.29 is 14.4 Å². The van der Waals surface area contributed by atoms with Crippen LogP contribution in [0.3, 0.4) is 0 Å². The molecule has 2 fully saturated rings. The lowest BCUT2D eigenvalue weighted by Gasteiger charge is -2.38. The molecule has 2 amide bonds. The Bertz CT molecular complexity index is 397. The van der Waals surface area contributed by atoms with Gasteiger partial charge in [-0.15, -0.1) is 0 Å². The van der Waals surface area contributed by atoms with Crippen molar-refractivity contribution in [1.29, 1.82) is 0 Å². The van der Waals surface area contributed by atoms with E-state index >= 15 is 0 Å². The van der Waals surface area contributed by atoms with Crippen molar-refractivity contribution in [3.8, 4) is 0 Å². The average molecular weight is 267 g/mol. The third-order valence-electron chi connectivity index (χ3n) is 4.26. The molecule has 1 saturated carbocycles. The quantitative estimate of drug-likeness (QED) is 0.608. The topological polar surface area (TPSA) is 101 Å². The number of hydrogen-bond donors (Lipinski definition) is 3. The number of amides is 2. The molecule has 0 aromatic rings. The second-order valence-electron chi connectivity index (χ2n) is 5.48. The molecule has 106 valence electrons. The van der Waals surface area contributed by atoms with E-state index in [4.69, 9.17) is 5.73 Å². The largest absolute Gasteiger partial charge is 0.354 e. The summed E-state index contributed by atoms with van der Waals surface area (Å²) in [5, 5.41) is 5.49. The fraction of sp³-hybridized carbons (Fsp3) is 0.769. The van der Waals surface area contributed by atoms with Gasteiger partial charge < -0.3 is 16.4 Å². The molecular weight excluding hydrogens is 246 g/mol. The normalized spacial score (nSPS) is 35.5. The van der Waals surface area contributed by atoms with E-state index in [9.17, 15) is 14.4 Å². The number of hydrogen-bond acceptors (Lipinski definition) is 4. The molecule has 6 heteroatoms. The van der Waals surface area contributed by atoms with Gasteiger partial charge in [0.05, 0.1) is 5.92 Å². The van der Waals surface area contributed by atoms with Crippen LogP contribution in [0.2, 0.25) is 0 Å². The molecule has 0 radical (unpaired) electrons. The average Bonchev–Trinajstić information content (AvgIpc) is 2.39. The van der Waals surface area contributed by atoms with Gasteiger partial charge in [0.1, 0.15) is 11.8 Å². The van der Waals surface area contributed by atoms with Crippen LogP contribution >= 0.6 is 0 Å². The molecule has 6 nitrogen and oxygen atoms in total. The minimum absolute atomic E-state index is 0.0466. The van der Waals surface area contributed by atoms with Crippen molar-refractivity contribution in [2.75, 3.05) is 13.1 Å². The second kappa shape index (κ2) is 5.69. The molecule has 0 aromatic heterocycles. The molecule has 2 rings (SSSR count). The van der Waals surface area contributed by atoms with Crippen LogP contribution in [-0.2, 0) is 14.4 Å². The van der Waals surface area contributed by atoms with Crippen molar-refractivity contribution >= 4 is 17.6 Å². The Morgan fingerprint density at radius 3 is 2.68 bits per heavy atom. The lowest BCUT2D eigenvalue weighted by atomic mass is 9.69. The Labute approximate surface area is 112 Å². The molecule has 1 heterocycles. The number of nitrogens with two attached hydrogens (primary N) is 1. The number of Topliss-reactive ketones (excluding diaryl/α,β-unsaturated/α-hetero) is 1. The maximum Gasteiger partial charge on any atom is 0.243 e. The zero-order chi connectivity index (χ0) is 14.0. The van der Waals surface area contributed by atoms with Crippen LogP contribution in [0.5, 0.6) is 0 Å². The van der Waals surface area contributed by atoms with Crippen LogP contribution in [0, 0.1) is 17.8 Å². The van der Waals surface area contributed by atoms with Gasteiger partial charge in [-0.25, -0.2) is 0 Å². The maximum atomic E-state index is 12.3. The molecule has 4 N–H and O–H groups in total. The van der Waals surface area contributed by atoms with Crippen molar-refractivity contribution in [3.63, 3.8) is 0 Å². The molecule has 0 bridgehead atoms. The van der Waals surface area contributed by atoms with Crippen molar-refractivity contribution in [2.45, 2.75) is 32.2 Å². The molecule has 4 unspecified atom stereocenters. The van der Waals surface area contributed by atoms with E-state index in [2.05, 4.69) is 10.6 Å². The van der Waals surface area contributed by atoms with Crippen LogP contribution in [-0.4, -0.2) is 36.7 Å². The monoisotopic (exact) mass is 267 g/mol. The Balaban J connectivity index is 2.22. The second-order valence-corrected chi connectivity index (χ2v) is 5.48. The van der Waals surface area contributed by atoms with Gasteiger partial charge in [0.15, 0.2) is 0 Å². The summed E-state index contributed by atoms with van der Waals surface area (Å²) < 4.78 is 0. The third-order valence-corrected chi connectivity index (χ3v) is 4.26.